The first-order valence-corrected chi connectivity index (χ1v) is 9.19. The summed E-state index contributed by atoms with van der Waals surface area (Å²) in [5.74, 6) is 1.14. The van der Waals surface area contributed by atoms with Gasteiger partial charge in [0.25, 0.3) is 0 Å². The molecule has 2 heterocycles. The number of nitrogens with one attached hydrogen (secondary N) is 1. The number of guanidine groups is 1. The molecule has 0 bridgehead atoms. The molecule has 2 fully saturated rings. The first kappa shape index (κ1) is 16.5. The average Bonchev–Trinajstić information content (AvgIpc) is 2.72. The summed E-state index contributed by atoms with van der Waals surface area (Å²) in [5.41, 5.74) is 0.303. The van der Waals surface area contributed by atoms with Crippen molar-refractivity contribution < 1.29 is 8.42 Å². The van der Waals surface area contributed by atoms with Gasteiger partial charge in [-0.05, 0) is 20.3 Å². The van der Waals surface area contributed by atoms with Gasteiger partial charge in [-0.15, -0.1) is 0 Å². The van der Waals surface area contributed by atoms with Gasteiger partial charge in [0.1, 0.15) is 0 Å². The summed E-state index contributed by atoms with van der Waals surface area (Å²) in [6.07, 6.45) is 0.740. The number of sulfonamides is 1. The summed E-state index contributed by atoms with van der Waals surface area (Å²) in [6.45, 7) is 11.7. The summed E-state index contributed by atoms with van der Waals surface area (Å²) in [7, 11) is -1.23. The average molecular weight is 316 g/mol. The van der Waals surface area contributed by atoms with Crippen molar-refractivity contribution >= 4 is 16.0 Å². The first-order chi connectivity index (χ1) is 9.62. The molecule has 0 atom stereocenters. The summed E-state index contributed by atoms with van der Waals surface area (Å²) in [6, 6.07) is 0. The van der Waals surface area contributed by atoms with Gasteiger partial charge >= 0.3 is 0 Å². The zero-order chi connectivity index (χ0) is 15.9. The van der Waals surface area contributed by atoms with Crippen LogP contribution < -0.4 is 5.32 Å². The Labute approximate surface area is 128 Å². The van der Waals surface area contributed by atoms with Gasteiger partial charge in [0.2, 0.25) is 10.0 Å². The second-order valence-corrected chi connectivity index (χ2v) is 9.16. The molecule has 0 aromatic rings. The van der Waals surface area contributed by atoms with Crippen molar-refractivity contribution in [2.24, 2.45) is 10.4 Å². The van der Waals surface area contributed by atoms with E-state index >= 15 is 0 Å². The fraction of sp³-hybridized carbons (Fsp3) is 0.929. The minimum Gasteiger partial charge on any atom is -0.355 e. The maximum atomic E-state index is 11.8. The maximum absolute atomic E-state index is 11.8. The van der Waals surface area contributed by atoms with Crippen LogP contribution in [0.25, 0.3) is 0 Å². The van der Waals surface area contributed by atoms with E-state index in [0.29, 0.717) is 19.6 Å². The fourth-order valence-corrected chi connectivity index (χ4v) is 4.46. The molecule has 1 N–H and O–H groups in total. The van der Waals surface area contributed by atoms with Crippen LogP contribution in [0.3, 0.4) is 0 Å². The van der Waals surface area contributed by atoms with E-state index in [-0.39, 0.29) is 16.7 Å². The lowest BCUT2D eigenvalue weighted by atomic mass is 9.65. The molecule has 21 heavy (non-hydrogen) atoms. The normalized spacial score (nSPS) is 27.5. The van der Waals surface area contributed by atoms with Crippen molar-refractivity contribution in [2.45, 2.75) is 39.7 Å². The van der Waals surface area contributed by atoms with Gasteiger partial charge in [-0.3, -0.25) is 4.99 Å². The van der Waals surface area contributed by atoms with Crippen LogP contribution in [0.2, 0.25) is 0 Å². The molecule has 122 valence electrons. The van der Waals surface area contributed by atoms with E-state index in [1.807, 2.05) is 0 Å². The van der Waals surface area contributed by atoms with Gasteiger partial charge in [0, 0.05) is 44.2 Å². The largest absolute Gasteiger partial charge is 0.355 e. The number of aliphatic imine (C=N–C) groups is 1. The van der Waals surface area contributed by atoms with E-state index in [9.17, 15) is 8.42 Å². The molecule has 0 amide bonds. The van der Waals surface area contributed by atoms with Gasteiger partial charge < -0.3 is 10.2 Å². The predicted molar refractivity (Wildman–Crippen MR) is 85.9 cm³/mol. The summed E-state index contributed by atoms with van der Waals surface area (Å²) in [5, 5.41) is 3.30. The lowest BCUT2D eigenvalue weighted by Crippen LogP contribution is -2.72. The van der Waals surface area contributed by atoms with Crippen LogP contribution in [0, 0.1) is 5.41 Å². The Morgan fingerprint density at radius 3 is 2.38 bits per heavy atom. The smallest absolute Gasteiger partial charge is 0.214 e. The van der Waals surface area contributed by atoms with Gasteiger partial charge in [-0.25, -0.2) is 12.7 Å². The maximum Gasteiger partial charge on any atom is 0.214 e. The fourth-order valence-electron chi connectivity index (χ4n) is 2.93. The monoisotopic (exact) mass is 316 g/mol. The van der Waals surface area contributed by atoms with Crippen LogP contribution in [0.5, 0.6) is 0 Å². The summed E-state index contributed by atoms with van der Waals surface area (Å²) >= 11 is 0. The van der Waals surface area contributed by atoms with Crippen molar-refractivity contribution in [3.8, 4) is 0 Å². The molecule has 0 saturated carbocycles. The molecular formula is C14H28N4O2S. The number of nitrogens with zero attached hydrogens (tertiary/aromatic N) is 3. The quantitative estimate of drug-likeness (QED) is 0.615. The van der Waals surface area contributed by atoms with Crippen LogP contribution >= 0.6 is 0 Å². The predicted octanol–water partition coefficient (Wildman–Crippen LogP) is 0.718. The van der Waals surface area contributed by atoms with Crippen LogP contribution in [0.4, 0.5) is 0 Å². The molecule has 0 aromatic heterocycles. The molecule has 2 saturated heterocycles. The summed E-state index contributed by atoms with van der Waals surface area (Å²) < 4.78 is 25.1. The Bertz CT molecular complexity index is 525. The summed E-state index contributed by atoms with van der Waals surface area (Å²) in [4.78, 5) is 6.59. The Morgan fingerprint density at radius 2 is 1.95 bits per heavy atom. The molecule has 0 unspecified atom stereocenters. The van der Waals surface area contributed by atoms with Gasteiger partial charge in [-0.2, -0.15) is 0 Å². The van der Waals surface area contributed by atoms with Gasteiger partial charge in [0.05, 0.1) is 5.75 Å². The highest BCUT2D eigenvalue weighted by Crippen LogP contribution is 2.46. The van der Waals surface area contributed by atoms with Crippen LogP contribution in [-0.4, -0.2) is 68.1 Å². The van der Waals surface area contributed by atoms with E-state index in [1.54, 1.807) is 11.4 Å². The number of likely N-dealkylation sites (tertiary alicyclic amines) is 1. The molecule has 0 radical (unpaired) electrons. The van der Waals surface area contributed by atoms with Crippen molar-refractivity contribution in [2.75, 3.05) is 39.0 Å². The van der Waals surface area contributed by atoms with E-state index < -0.39 is 10.0 Å². The third-order valence-corrected chi connectivity index (χ3v) is 7.16. The second kappa shape index (κ2) is 5.43. The topological polar surface area (TPSA) is 65.0 Å². The minimum absolute atomic E-state index is 0.0502. The van der Waals surface area contributed by atoms with Crippen molar-refractivity contribution in [1.82, 2.24) is 14.5 Å². The Morgan fingerprint density at radius 1 is 1.29 bits per heavy atom. The van der Waals surface area contributed by atoms with E-state index in [4.69, 9.17) is 0 Å². The Hall–Kier alpha value is -0.820. The third kappa shape index (κ3) is 2.90. The lowest BCUT2D eigenvalue weighted by Gasteiger charge is -2.62. The zero-order valence-electron chi connectivity index (χ0n) is 13.8. The molecule has 0 aromatic carbocycles. The third-order valence-electron chi connectivity index (χ3n) is 5.20. The molecule has 0 spiro atoms. The van der Waals surface area contributed by atoms with Crippen molar-refractivity contribution in [3.05, 3.63) is 0 Å². The van der Waals surface area contributed by atoms with Crippen molar-refractivity contribution in [3.63, 3.8) is 0 Å². The number of hydrogen-bond acceptors (Lipinski definition) is 3. The van der Waals surface area contributed by atoms with E-state index in [2.05, 4.69) is 42.9 Å². The lowest BCUT2D eigenvalue weighted by molar-refractivity contribution is -0.0667. The Balaban J connectivity index is 1.88. The molecule has 6 nitrogen and oxygen atoms in total. The molecule has 2 rings (SSSR count). The highest BCUT2D eigenvalue weighted by Gasteiger charge is 2.53. The van der Waals surface area contributed by atoms with Crippen LogP contribution in [-0.2, 0) is 10.0 Å². The van der Waals surface area contributed by atoms with E-state index in [1.165, 1.54) is 0 Å². The number of rotatable bonds is 3. The molecule has 7 heteroatoms. The highest BCUT2D eigenvalue weighted by atomic mass is 32.2. The minimum atomic E-state index is -3.01. The van der Waals surface area contributed by atoms with Gasteiger partial charge in [0.15, 0.2) is 5.96 Å². The van der Waals surface area contributed by atoms with Crippen molar-refractivity contribution in [1.29, 1.82) is 0 Å². The zero-order valence-corrected chi connectivity index (χ0v) is 14.6. The molecule has 0 aliphatic carbocycles. The Kier molecular flexibility index (Phi) is 4.28. The van der Waals surface area contributed by atoms with E-state index in [0.717, 1.165) is 18.9 Å². The molecular weight excluding hydrogens is 288 g/mol. The molecule has 2 aliphatic rings. The van der Waals surface area contributed by atoms with Gasteiger partial charge in [-0.1, -0.05) is 13.8 Å². The first-order valence-electron chi connectivity index (χ1n) is 7.58. The number of hydrogen-bond donors (Lipinski definition) is 1. The second-order valence-electron chi connectivity index (χ2n) is 7.07. The SMILES string of the molecule is CN=C(NCCN1CCCS1(=O)=O)N1CC(C)(C)C1(C)C. The van der Waals surface area contributed by atoms with Crippen LogP contribution in [0.1, 0.15) is 34.1 Å². The molecule has 2 aliphatic heterocycles. The standard InChI is InChI=1S/C14H28N4O2S/c1-13(2)11-18(14(13,3)4)12(15-5)16-7-9-17-8-6-10-21(17,19)20/h6-11H2,1-5H3,(H,15,16). The van der Waals surface area contributed by atoms with Crippen LogP contribution in [0.15, 0.2) is 4.99 Å². The highest BCUT2D eigenvalue weighted by molar-refractivity contribution is 7.89.